The largest absolute Gasteiger partial charge is 0.480 e. The van der Waals surface area contributed by atoms with Crippen molar-refractivity contribution in [2.45, 2.75) is 19.4 Å². The number of hydrogen-bond acceptors (Lipinski definition) is 3. The molecule has 0 unspecified atom stereocenters. The van der Waals surface area contributed by atoms with E-state index in [0.29, 0.717) is 0 Å². The van der Waals surface area contributed by atoms with Gasteiger partial charge in [0.1, 0.15) is 6.04 Å². The Bertz CT molecular complexity index is 522. The standard InChI is InChI=1S/C12H15NO4S/c1-2-11(12(14)15)13-18(16,17)9-8-10-6-4-3-5-7-10/h3-9,11,13H,2H2,1H3,(H,14,15)/t11-/m1/s1. The van der Waals surface area contributed by atoms with E-state index in [4.69, 9.17) is 5.11 Å². The molecule has 1 rings (SSSR count). The summed E-state index contributed by atoms with van der Waals surface area (Å²) >= 11 is 0. The Labute approximate surface area is 106 Å². The van der Waals surface area contributed by atoms with E-state index in [1.54, 1.807) is 31.2 Å². The van der Waals surface area contributed by atoms with Gasteiger partial charge in [0.2, 0.25) is 10.0 Å². The van der Waals surface area contributed by atoms with Crippen molar-refractivity contribution in [3.63, 3.8) is 0 Å². The average molecular weight is 269 g/mol. The number of rotatable bonds is 6. The number of sulfonamides is 1. The van der Waals surface area contributed by atoms with Crippen molar-refractivity contribution in [1.29, 1.82) is 0 Å². The second kappa shape index (κ2) is 6.32. The van der Waals surface area contributed by atoms with E-state index in [-0.39, 0.29) is 6.42 Å². The summed E-state index contributed by atoms with van der Waals surface area (Å²) in [7, 11) is -3.75. The molecular weight excluding hydrogens is 254 g/mol. The van der Waals surface area contributed by atoms with Crippen LogP contribution in [-0.4, -0.2) is 25.5 Å². The number of aliphatic carboxylic acids is 1. The van der Waals surface area contributed by atoms with E-state index in [2.05, 4.69) is 4.72 Å². The molecule has 5 nitrogen and oxygen atoms in total. The fraction of sp³-hybridized carbons (Fsp3) is 0.250. The highest BCUT2D eigenvalue weighted by atomic mass is 32.2. The third-order valence-electron chi connectivity index (χ3n) is 2.25. The zero-order valence-electron chi connectivity index (χ0n) is 9.91. The van der Waals surface area contributed by atoms with Gasteiger partial charge in [0.25, 0.3) is 0 Å². The van der Waals surface area contributed by atoms with Crippen molar-refractivity contribution in [2.75, 3.05) is 0 Å². The van der Waals surface area contributed by atoms with E-state index in [0.717, 1.165) is 11.0 Å². The lowest BCUT2D eigenvalue weighted by atomic mass is 10.2. The molecule has 98 valence electrons. The van der Waals surface area contributed by atoms with E-state index in [1.165, 1.54) is 6.08 Å². The van der Waals surface area contributed by atoms with E-state index in [1.807, 2.05) is 6.07 Å². The maximum absolute atomic E-state index is 11.6. The van der Waals surface area contributed by atoms with Gasteiger partial charge >= 0.3 is 5.97 Å². The Morgan fingerprint density at radius 2 is 2.00 bits per heavy atom. The highest BCUT2D eigenvalue weighted by Gasteiger charge is 2.20. The highest BCUT2D eigenvalue weighted by Crippen LogP contribution is 2.04. The molecule has 0 bridgehead atoms. The molecule has 0 aliphatic rings. The number of benzene rings is 1. The molecule has 1 aromatic carbocycles. The van der Waals surface area contributed by atoms with Crippen LogP contribution in [0.25, 0.3) is 6.08 Å². The summed E-state index contributed by atoms with van der Waals surface area (Å²) in [6.45, 7) is 1.60. The minimum atomic E-state index is -3.75. The minimum absolute atomic E-state index is 0.188. The van der Waals surface area contributed by atoms with Gasteiger partial charge in [-0.3, -0.25) is 4.79 Å². The summed E-state index contributed by atoms with van der Waals surface area (Å²) in [6, 6.07) is 7.79. The molecule has 1 atom stereocenters. The summed E-state index contributed by atoms with van der Waals surface area (Å²) in [5.41, 5.74) is 0.728. The molecule has 18 heavy (non-hydrogen) atoms. The predicted molar refractivity (Wildman–Crippen MR) is 69.2 cm³/mol. The van der Waals surface area contributed by atoms with Crippen molar-refractivity contribution < 1.29 is 18.3 Å². The summed E-state index contributed by atoms with van der Waals surface area (Å²) < 4.78 is 25.3. The lowest BCUT2D eigenvalue weighted by Crippen LogP contribution is -2.39. The van der Waals surface area contributed by atoms with Crippen LogP contribution in [0, 0.1) is 0 Å². The van der Waals surface area contributed by atoms with Crippen molar-refractivity contribution in [3.05, 3.63) is 41.3 Å². The smallest absolute Gasteiger partial charge is 0.321 e. The Morgan fingerprint density at radius 1 is 1.39 bits per heavy atom. The van der Waals surface area contributed by atoms with Gasteiger partial charge in [-0.05, 0) is 18.1 Å². The lowest BCUT2D eigenvalue weighted by Gasteiger charge is -2.09. The first kappa shape index (κ1) is 14.4. The van der Waals surface area contributed by atoms with Gasteiger partial charge in [-0.25, -0.2) is 8.42 Å². The normalized spacial score (nSPS) is 13.6. The van der Waals surface area contributed by atoms with Crippen molar-refractivity contribution in [3.8, 4) is 0 Å². The van der Waals surface area contributed by atoms with Crippen LogP contribution >= 0.6 is 0 Å². The molecule has 1 aromatic rings. The number of carboxylic acid groups (broad SMARTS) is 1. The maximum atomic E-state index is 11.6. The molecule has 0 spiro atoms. The molecule has 0 saturated carbocycles. The number of hydrogen-bond donors (Lipinski definition) is 2. The molecule has 0 aliphatic carbocycles. The van der Waals surface area contributed by atoms with Gasteiger partial charge in [0.05, 0.1) is 0 Å². The third-order valence-corrected chi connectivity index (χ3v) is 3.36. The van der Waals surface area contributed by atoms with Crippen LogP contribution in [-0.2, 0) is 14.8 Å². The van der Waals surface area contributed by atoms with Gasteiger partial charge in [0, 0.05) is 5.41 Å². The van der Waals surface area contributed by atoms with Gasteiger partial charge in [-0.2, -0.15) is 4.72 Å². The number of carbonyl (C=O) groups is 1. The second-order valence-electron chi connectivity index (χ2n) is 3.68. The summed E-state index contributed by atoms with van der Waals surface area (Å²) in [5.74, 6) is -1.19. The Hall–Kier alpha value is -1.66. The number of nitrogens with one attached hydrogen (secondary N) is 1. The van der Waals surface area contributed by atoms with Crippen LogP contribution in [0.3, 0.4) is 0 Å². The summed E-state index contributed by atoms with van der Waals surface area (Å²) in [4.78, 5) is 10.7. The van der Waals surface area contributed by atoms with Crippen LogP contribution in [0.5, 0.6) is 0 Å². The first-order valence-electron chi connectivity index (χ1n) is 5.43. The Balaban J connectivity index is 2.77. The molecule has 0 heterocycles. The molecular formula is C12H15NO4S. The first-order valence-corrected chi connectivity index (χ1v) is 6.97. The quantitative estimate of drug-likeness (QED) is 0.818. The minimum Gasteiger partial charge on any atom is -0.480 e. The van der Waals surface area contributed by atoms with Gasteiger partial charge in [-0.15, -0.1) is 0 Å². The monoisotopic (exact) mass is 269 g/mol. The molecule has 0 fully saturated rings. The van der Waals surface area contributed by atoms with Gasteiger partial charge < -0.3 is 5.11 Å². The topological polar surface area (TPSA) is 83.5 Å². The summed E-state index contributed by atoms with van der Waals surface area (Å²) in [6.07, 6.45) is 1.60. The van der Waals surface area contributed by atoms with Crippen molar-refractivity contribution in [2.24, 2.45) is 0 Å². The highest BCUT2D eigenvalue weighted by molar-refractivity contribution is 7.92. The molecule has 6 heteroatoms. The molecule has 0 saturated heterocycles. The van der Waals surface area contributed by atoms with Gasteiger partial charge in [-0.1, -0.05) is 37.3 Å². The van der Waals surface area contributed by atoms with Crippen molar-refractivity contribution >= 4 is 22.1 Å². The van der Waals surface area contributed by atoms with Crippen LogP contribution in [0.4, 0.5) is 0 Å². The fourth-order valence-corrected chi connectivity index (χ4v) is 2.36. The molecule has 0 aliphatic heterocycles. The van der Waals surface area contributed by atoms with Crippen LogP contribution in [0.2, 0.25) is 0 Å². The molecule has 0 radical (unpaired) electrons. The molecule has 0 aromatic heterocycles. The van der Waals surface area contributed by atoms with Crippen LogP contribution in [0.15, 0.2) is 35.7 Å². The van der Waals surface area contributed by atoms with Crippen molar-refractivity contribution in [1.82, 2.24) is 4.72 Å². The lowest BCUT2D eigenvalue weighted by molar-refractivity contribution is -0.139. The molecule has 2 N–H and O–H groups in total. The van der Waals surface area contributed by atoms with E-state index >= 15 is 0 Å². The van der Waals surface area contributed by atoms with Crippen LogP contribution < -0.4 is 4.72 Å². The fourth-order valence-electron chi connectivity index (χ4n) is 1.28. The molecule has 0 amide bonds. The zero-order valence-corrected chi connectivity index (χ0v) is 10.7. The zero-order chi connectivity index (χ0) is 13.6. The maximum Gasteiger partial charge on any atom is 0.321 e. The van der Waals surface area contributed by atoms with Gasteiger partial charge in [0.15, 0.2) is 0 Å². The SMILES string of the molecule is CC[C@@H](NS(=O)(=O)C=Cc1ccccc1)C(=O)O. The Morgan fingerprint density at radius 3 is 2.50 bits per heavy atom. The van der Waals surface area contributed by atoms with E-state index < -0.39 is 22.0 Å². The second-order valence-corrected chi connectivity index (χ2v) is 5.27. The van der Waals surface area contributed by atoms with E-state index in [9.17, 15) is 13.2 Å². The third kappa shape index (κ3) is 4.68. The average Bonchev–Trinajstić information content (AvgIpc) is 2.35. The first-order chi connectivity index (χ1) is 8.44. The Kier molecular flexibility index (Phi) is 5.06. The number of carboxylic acids is 1. The van der Waals surface area contributed by atoms with Crippen LogP contribution in [0.1, 0.15) is 18.9 Å². The predicted octanol–water partition coefficient (Wildman–Crippen LogP) is 1.44. The summed E-state index contributed by atoms with van der Waals surface area (Å²) in [5, 5.41) is 9.74.